The van der Waals surface area contributed by atoms with Crippen molar-refractivity contribution in [2.75, 3.05) is 18.1 Å². The van der Waals surface area contributed by atoms with Gasteiger partial charge in [0.1, 0.15) is 0 Å². The second kappa shape index (κ2) is 6.92. The highest BCUT2D eigenvalue weighted by molar-refractivity contribution is 5.49. The van der Waals surface area contributed by atoms with Crippen LogP contribution in [0.4, 0.5) is 5.69 Å². The Morgan fingerprint density at radius 2 is 2.00 bits per heavy atom. The van der Waals surface area contributed by atoms with Gasteiger partial charge in [0.25, 0.3) is 0 Å². The lowest BCUT2D eigenvalue weighted by atomic mass is 9.90. The van der Waals surface area contributed by atoms with Gasteiger partial charge in [-0.1, -0.05) is 19.1 Å². The summed E-state index contributed by atoms with van der Waals surface area (Å²) in [7, 11) is 0. The van der Waals surface area contributed by atoms with E-state index in [2.05, 4.69) is 36.1 Å². The van der Waals surface area contributed by atoms with Gasteiger partial charge in [-0.25, -0.2) is 0 Å². The zero-order valence-corrected chi connectivity index (χ0v) is 11.9. The highest BCUT2D eigenvalue weighted by atomic mass is 16.3. The number of nitrogens with two attached hydrogens (primary N) is 1. The van der Waals surface area contributed by atoms with Crippen LogP contribution in [0.2, 0.25) is 0 Å². The quantitative estimate of drug-likeness (QED) is 0.794. The van der Waals surface area contributed by atoms with Crippen LogP contribution >= 0.6 is 0 Å². The van der Waals surface area contributed by atoms with Gasteiger partial charge in [0.05, 0.1) is 0 Å². The standard InChI is InChI=1S/C16H26N2O/c1-2-16(17)13-7-9-15(10-8-13)18(11-4-12-19)14-5-3-6-14/h7-10,14,16,19H,2-6,11-12,17H2,1H3. The van der Waals surface area contributed by atoms with Gasteiger partial charge in [-0.15, -0.1) is 0 Å². The van der Waals surface area contributed by atoms with E-state index in [1.54, 1.807) is 0 Å². The van der Waals surface area contributed by atoms with Crippen molar-refractivity contribution in [1.29, 1.82) is 0 Å². The van der Waals surface area contributed by atoms with Crippen molar-refractivity contribution >= 4 is 5.69 Å². The lowest BCUT2D eigenvalue weighted by Gasteiger charge is -2.39. The largest absolute Gasteiger partial charge is 0.396 e. The van der Waals surface area contributed by atoms with Gasteiger partial charge in [0.15, 0.2) is 0 Å². The monoisotopic (exact) mass is 262 g/mol. The number of hydrogen-bond donors (Lipinski definition) is 2. The summed E-state index contributed by atoms with van der Waals surface area (Å²) in [6.45, 7) is 3.32. The molecular weight excluding hydrogens is 236 g/mol. The number of benzene rings is 1. The molecule has 2 rings (SSSR count). The number of aliphatic hydroxyl groups excluding tert-OH is 1. The molecule has 1 aromatic rings. The predicted molar refractivity (Wildman–Crippen MR) is 80.3 cm³/mol. The van der Waals surface area contributed by atoms with Crippen LogP contribution in [0.1, 0.15) is 50.6 Å². The number of hydrogen-bond acceptors (Lipinski definition) is 3. The summed E-state index contributed by atoms with van der Waals surface area (Å²) in [5.74, 6) is 0. The first-order valence-corrected chi connectivity index (χ1v) is 7.49. The Bertz CT molecular complexity index is 373. The van der Waals surface area contributed by atoms with Crippen molar-refractivity contribution in [3.05, 3.63) is 29.8 Å². The Labute approximate surface area is 116 Å². The molecule has 0 aromatic heterocycles. The fraction of sp³-hybridized carbons (Fsp3) is 0.625. The minimum atomic E-state index is 0.142. The molecule has 0 spiro atoms. The molecule has 0 bridgehead atoms. The first-order chi connectivity index (χ1) is 9.26. The molecule has 3 nitrogen and oxygen atoms in total. The minimum Gasteiger partial charge on any atom is -0.396 e. The van der Waals surface area contributed by atoms with Gasteiger partial charge in [-0.05, 0) is 49.8 Å². The third-order valence-corrected chi connectivity index (χ3v) is 4.17. The molecule has 1 atom stereocenters. The van der Waals surface area contributed by atoms with E-state index in [9.17, 15) is 0 Å². The van der Waals surface area contributed by atoms with E-state index < -0.39 is 0 Å². The molecule has 1 saturated carbocycles. The number of rotatable bonds is 7. The maximum absolute atomic E-state index is 9.04. The maximum Gasteiger partial charge on any atom is 0.0447 e. The smallest absolute Gasteiger partial charge is 0.0447 e. The molecule has 0 amide bonds. The Hall–Kier alpha value is -1.06. The lowest BCUT2D eigenvalue weighted by molar-refractivity contribution is 0.283. The molecule has 3 heteroatoms. The second-order valence-electron chi connectivity index (χ2n) is 5.46. The van der Waals surface area contributed by atoms with Crippen molar-refractivity contribution in [3.63, 3.8) is 0 Å². The zero-order chi connectivity index (χ0) is 13.7. The summed E-state index contributed by atoms with van der Waals surface area (Å²) in [4.78, 5) is 2.45. The van der Waals surface area contributed by atoms with Gasteiger partial charge in [-0.3, -0.25) is 0 Å². The molecule has 3 N–H and O–H groups in total. The lowest BCUT2D eigenvalue weighted by Crippen LogP contribution is -2.41. The minimum absolute atomic E-state index is 0.142. The first-order valence-electron chi connectivity index (χ1n) is 7.49. The van der Waals surface area contributed by atoms with Crippen LogP contribution < -0.4 is 10.6 Å². The molecule has 0 aliphatic heterocycles. The second-order valence-corrected chi connectivity index (χ2v) is 5.46. The van der Waals surface area contributed by atoms with Gasteiger partial charge < -0.3 is 15.7 Å². The van der Waals surface area contributed by atoms with E-state index >= 15 is 0 Å². The van der Waals surface area contributed by atoms with Gasteiger partial charge in [-0.2, -0.15) is 0 Å². The van der Waals surface area contributed by atoms with E-state index in [0.717, 1.165) is 19.4 Å². The summed E-state index contributed by atoms with van der Waals surface area (Å²) in [5, 5.41) is 9.04. The Morgan fingerprint density at radius 3 is 2.47 bits per heavy atom. The third kappa shape index (κ3) is 3.48. The van der Waals surface area contributed by atoms with Crippen molar-refractivity contribution in [2.45, 2.75) is 51.1 Å². The first kappa shape index (κ1) is 14.4. The highest BCUT2D eigenvalue weighted by Crippen LogP contribution is 2.30. The Kier molecular flexibility index (Phi) is 5.23. The van der Waals surface area contributed by atoms with Crippen LogP contribution in [0.3, 0.4) is 0 Å². The summed E-state index contributed by atoms with van der Waals surface area (Å²) >= 11 is 0. The van der Waals surface area contributed by atoms with E-state index in [-0.39, 0.29) is 12.6 Å². The SMILES string of the molecule is CCC(N)c1ccc(N(CCCO)C2CCC2)cc1. The normalized spacial score (nSPS) is 17.0. The van der Waals surface area contributed by atoms with Gasteiger partial charge >= 0.3 is 0 Å². The van der Waals surface area contributed by atoms with Crippen molar-refractivity contribution in [2.24, 2.45) is 5.73 Å². The van der Waals surface area contributed by atoms with Crippen molar-refractivity contribution in [3.8, 4) is 0 Å². The molecule has 1 unspecified atom stereocenters. The molecular formula is C16H26N2O. The van der Waals surface area contributed by atoms with E-state index in [4.69, 9.17) is 10.8 Å². The Balaban J connectivity index is 2.07. The molecule has 1 fully saturated rings. The van der Waals surface area contributed by atoms with Gasteiger partial charge in [0, 0.05) is 30.9 Å². The van der Waals surface area contributed by atoms with E-state index in [1.807, 2.05) is 0 Å². The molecule has 106 valence electrons. The zero-order valence-electron chi connectivity index (χ0n) is 11.9. The molecule has 1 aliphatic rings. The van der Waals surface area contributed by atoms with Crippen molar-refractivity contribution in [1.82, 2.24) is 0 Å². The number of aliphatic hydroxyl groups is 1. The Morgan fingerprint density at radius 1 is 1.32 bits per heavy atom. The summed E-state index contributed by atoms with van der Waals surface area (Å²) in [5.41, 5.74) is 8.53. The van der Waals surface area contributed by atoms with Crippen LogP contribution in [-0.2, 0) is 0 Å². The predicted octanol–water partition coefficient (Wildman–Crippen LogP) is 2.84. The molecule has 19 heavy (non-hydrogen) atoms. The average molecular weight is 262 g/mol. The highest BCUT2D eigenvalue weighted by Gasteiger charge is 2.24. The number of anilines is 1. The van der Waals surface area contributed by atoms with Gasteiger partial charge in [0.2, 0.25) is 0 Å². The topological polar surface area (TPSA) is 49.5 Å². The van der Waals surface area contributed by atoms with E-state index in [0.29, 0.717) is 6.04 Å². The fourth-order valence-corrected chi connectivity index (χ4v) is 2.61. The van der Waals surface area contributed by atoms with Crippen LogP contribution in [0.15, 0.2) is 24.3 Å². The van der Waals surface area contributed by atoms with Crippen molar-refractivity contribution < 1.29 is 5.11 Å². The third-order valence-electron chi connectivity index (χ3n) is 4.17. The van der Waals surface area contributed by atoms with Crippen LogP contribution in [0.25, 0.3) is 0 Å². The molecule has 0 saturated heterocycles. The summed E-state index contributed by atoms with van der Waals surface area (Å²) in [6, 6.07) is 9.46. The maximum atomic E-state index is 9.04. The molecule has 0 heterocycles. The van der Waals surface area contributed by atoms with Crippen LogP contribution in [0, 0.1) is 0 Å². The average Bonchev–Trinajstić information content (AvgIpc) is 2.40. The van der Waals surface area contributed by atoms with Crippen LogP contribution in [-0.4, -0.2) is 24.3 Å². The summed E-state index contributed by atoms with van der Waals surface area (Å²) in [6.07, 6.45) is 5.70. The fourth-order valence-electron chi connectivity index (χ4n) is 2.61. The number of nitrogens with zero attached hydrogens (tertiary/aromatic N) is 1. The van der Waals surface area contributed by atoms with Crippen LogP contribution in [0.5, 0.6) is 0 Å². The molecule has 1 aliphatic carbocycles. The molecule has 1 aromatic carbocycles. The van der Waals surface area contributed by atoms with E-state index in [1.165, 1.54) is 30.5 Å². The molecule has 0 radical (unpaired) electrons. The summed E-state index contributed by atoms with van der Waals surface area (Å²) < 4.78 is 0.